The third-order valence-electron chi connectivity index (χ3n) is 2.77. The second-order valence-corrected chi connectivity index (χ2v) is 4.15. The monoisotopic (exact) mass is 234 g/mol. The number of aromatic hydroxyl groups is 1. The quantitative estimate of drug-likeness (QED) is 0.709. The highest BCUT2D eigenvalue weighted by molar-refractivity contribution is 5.61. The van der Waals surface area contributed by atoms with E-state index in [2.05, 4.69) is 13.0 Å². The molecule has 94 valence electrons. The molecule has 0 spiro atoms. The molecule has 0 fully saturated rings. The van der Waals surface area contributed by atoms with Crippen molar-refractivity contribution in [3.8, 4) is 11.5 Å². The zero-order valence-corrected chi connectivity index (χ0v) is 10.8. The van der Waals surface area contributed by atoms with Crippen LogP contribution in [0, 0.1) is 0 Å². The molecule has 1 N–H and O–H groups in total. The summed E-state index contributed by atoms with van der Waals surface area (Å²) in [7, 11) is 1.56. The molecule has 0 aliphatic rings. The van der Waals surface area contributed by atoms with Gasteiger partial charge in [-0.3, -0.25) is 0 Å². The predicted molar refractivity (Wildman–Crippen MR) is 72.5 cm³/mol. The van der Waals surface area contributed by atoms with Crippen LogP contribution in [0.15, 0.2) is 24.3 Å². The summed E-state index contributed by atoms with van der Waals surface area (Å²) in [4.78, 5) is 0. The molecule has 2 heteroatoms. The van der Waals surface area contributed by atoms with Gasteiger partial charge in [0.1, 0.15) is 0 Å². The number of phenols is 1. The summed E-state index contributed by atoms with van der Waals surface area (Å²) in [6.45, 7) is 2.21. The molecule has 2 nitrogen and oxygen atoms in total. The molecule has 0 saturated carbocycles. The Bertz CT molecular complexity index is 356. The fourth-order valence-corrected chi connectivity index (χ4v) is 1.74. The van der Waals surface area contributed by atoms with Crippen LogP contribution in [0.5, 0.6) is 11.5 Å². The van der Waals surface area contributed by atoms with Crippen molar-refractivity contribution in [2.45, 2.75) is 39.0 Å². The van der Waals surface area contributed by atoms with E-state index in [4.69, 9.17) is 4.74 Å². The number of ether oxygens (including phenoxy) is 1. The zero-order valence-electron chi connectivity index (χ0n) is 10.8. The molecule has 0 aromatic heterocycles. The Morgan fingerprint density at radius 3 is 2.76 bits per heavy atom. The van der Waals surface area contributed by atoms with E-state index in [1.165, 1.54) is 25.7 Å². The molecule has 0 radical (unpaired) electrons. The van der Waals surface area contributed by atoms with Gasteiger partial charge in [0.05, 0.1) is 7.11 Å². The van der Waals surface area contributed by atoms with Gasteiger partial charge in [0, 0.05) is 5.56 Å². The van der Waals surface area contributed by atoms with Crippen molar-refractivity contribution in [3.05, 3.63) is 29.8 Å². The van der Waals surface area contributed by atoms with Crippen molar-refractivity contribution in [1.82, 2.24) is 0 Å². The van der Waals surface area contributed by atoms with Gasteiger partial charge in [-0.05, 0) is 18.9 Å². The van der Waals surface area contributed by atoms with Gasteiger partial charge in [-0.2, -0.15) is 0 Å². The summed E-state index contributed by atoms with van der Waals surface area (Å²) < 4.78 is 5.06. The first-order valence-corrected chi connectivity index (χ1v) is 6.32. The Morgan fingerprint density at radius 2 is 2.06 bits per heavy atom. The number of para-hydroxylation sites is 1. The van der Waals surface area contributed by atoms with Gasteiger partial charge in [0.15, 0.2) is 11.5 Å². The van der Waals surface area contributed by atoms with Crippen molar-refractivity contribution in [1.29, 1.82) is 0 Å². The Kier molecular flexibility index (Phi) is 6.23. The summed E-state index contributed by atoms with van der Waals surface area (Å²) in [5, 5.41) is 9.85. The number of hydrogen-bond donors (Lipinski definition) is 1. The van der Waals surface area contributed by atoms with Crippen LogP contribution < -0.4 is 4.74 Å². The standard InChI is InChI=1S/C15H22O2/c1-3-4-5-6-7-8-10-13-11-9-12-14(17-2)15(13)16/h8-12,16H,3-7H2,1-2H3. The summed E-state index contributed by atoms with van der Waals surface area (Å²) in [6, 6.07) is 5.53. The number of unbranched alkanes of at least 4 members (excludes halogenated alkanes) is 4. The van der Waals surface area contributed by atoms with Crippen LogP contribution in [-0.4, -0.2) is 12.2 Å². The highest BCUT2D eigenvalue weighted by atomic mass is 16.5. The number of allylic oxidation sites excluding steroid dienone is 1. The zero-order chi connectivity index (χ0) is 12.5. The van der Waals surface area contributed by atoms with Gasteiger partial charge >= 0.3 is 0 Å². The SMILES string of the molecule is CCCCCCC=Cc1cccc(OC)c1O. The molecule has 1 aromatic carbocycles. The minimum Gasteiger partial charge on any atom is -0.504 e. The van der Waals surface area contributed by atoms with E-state index < -0.39 is 0 Å². The molecule has 1 aromatic rings. The van der Waals surface area contributed by atoms with Crippen molar-refractivity contribution in [2.75, 3.05) is 7.11 Å². The first-order chi connectivity index (χ1) is 8.29. The molecule has 0 bridgehead atoms. The van der Waals surface area contributed by atoms with E-state index in [-0.39, 0.29) is 5.75 Å². The summed E-state index contributed by atoms with van der Waals surface area (Å²) in [5.41, 5.74) is 0.819. The first-order valence-electron chi connectivity index (χ1n) is 6.32. The molecule has 1 rings (SSSR count). The summed E-state index contributed by atoms with van der Waals surface area (Å²) >= 11 is 0. The van der Waals surface area contributed by atoms with E-state index in [0.717, 1.165) is 12.0 Å². The van der Waals surface area contributed by atoms with Gasteiger partial charge in [-0.25, -0.2) is 0 Å². The molecule has 17 heavy (non-hydrogen) atoms. The normalized spacial score (nSPS) is 10.9. The first kappa shape index (κ1) is 13.6. The number of benzene rings is 1. The van der Waals surface area contributed by atoms with Crippen LogP contribution in [0.3, 0.4) is 0 Å². The van der Waals surface area contributed by atoms with Crippen molar-refractivity contribution >= 4 is 6.08 Å². The van der Waals surface area contributed by atoms with Crippen molar-refractivity contribution in [2.24, 2.45) is 0 Å². The molecule has 0 aliphatic carbocycles. The van der Waals surface area contributed by atoms with Crippen LogP contribution >= 0.6 is 0 Å². The van der Waals surface area contributed by atoms with Crippen molar-refractivity contribution < 1.29 is 9.84 Å². The Labute approximate surface area is 104 Å². The molecular weight excluding hydrogens is 212 g/mol. The van der Waals surface area contributed by atoms with Gasteiger partial charge in [0.2, 0.25) is 0 Å². The maximum absolute atomic E-state index is 9.85. The van der Waals surface area contributed by atoms with E-state index in [1.54, 1.807) is 13.2 Å². The summed E-state index contributed by atoms with van der Waals surface area (Å²) in [5.74, 6) is 0.748. The Morgan fingerprint density at radius 1 is 1.24 bits per heavy atom. The van der Waals surface area contributed by atoms with Gasteiger partial charge < -0.3 is 9.84 Å². The average molecular weight is 234 g/mol. The smallest absolute Gasteiger partial charge is 0.165 e. The maximum atomic E-state index is 9.85. The highest BCUT2D eigenvalue weighted by Gasteiger charge is 2.03. The lowest BCUT2D eigenvalue weighted by Gasteiger charge is -2.05. The molecule has 0 atom stereocenters. The number of hydrogen-bond acceptors (Lipinski definition) is 2. The maximum Gasteiger partial charge on any atom is 0.165 e. The minimum absolute atomic E-state index is 0.222. The third kappa shape index (κ3) is 4.51. The highest BCUT2D eigenvalue weighted by Crippen LogP contribution is 2.30. The van der Waals surface area contributed by atoms with Gasteiger partial charge in [-0.15, -0.1) is 0 Å². The number of rotatable bonds is 7. The largest absolute Gasteiger partial charge is 0.504 e. The third-order valence-corrected chi connectivity index (χ3v) is 2.77. The van der Waals surface area contributed by atoms with E-state index in [0.29, 0.717) is 5.75 Å². The summed E-state index contributed by atoms with van der Waals surface area (Å²) in [6.07, 6.45) is 10.2. The van der Waals surface area contributed by atoms with E-state index in [9.17, 15) is 5.11 Å². The molecule has 0 aliphatic heterocycles. The second kappa shape index (κ2) is 7.77. The fraction of sp³-hybridized carbons (Fsp3) is 0.467. The van der Waals surface area contributed by atoms with Gasteiger partial charge in [0.25, 0.3) is 0 Å². The van der Waals surface area contributed by atoms with Crippen LogP contribution in [0.1, 0.15) is 44.6 Å². The number of phenolic OH excluding ortho intramolecular Hbond substituents is 1. The molecule has 0 amide bonds. The Balaban J connectivity index is 2.48. The molecular formula is C15H22O2. The van der Waals surface area contributed by atoms with Crippen LogP contribution in [-0.2, 0) is 0 Å². The minimum atomic E-state index is 0.222. The van der Waals surface area contributed by atoms with Gasteiger partial charge in [-0.1, -0.05) is 50.5 Å². The molecule has 0 unspecified atom stereocenters. The lowest BCUT2D eigenvalue weighted by molar-refractivity contribution is 0.373. The van der Waals surface area contributed by atoms with E-state index >= 15 is 0 Å². The lowest BCUT2D eigenvalue weighted by atomic mass is 10.1. The fourth-order valence-electron chi connectivity index (χ4n) is 1.74. The van der Waals surface area contributed by atoms with Crippen LogP contribution in [0.4, 0.5) is 0 Å². The predicted octanol–water partition coefficient (Wildman–Crippen LogP) is 4.38. The second-order valence-electron chi connectivity index (χ2n) is 4.15. The number of methoxy groups -OCH3 is 1. The van der Waals surface area contributed by atoms with Crippen LogP contribution in [0.25, 0.3) is 6.08 Å². The van der Waals surface area contributed by atoms with Crippen molar-refractivity contribution in [3.63, 3.8) is 0 Å². The Hall–Kier alpha value is -1.44. The van der Waals surface area contributed by atoms with Crippen LogP contribution in [0.2, 0.25) is 0 Å². The topological polar surface area (TPSA) is 29.5 Å². The van der Waals surface area contributed by atoms with E-state index in [1.807, 2.05) is 18.2 Å². The molecule has 0 saturated heterocycles. The lowest BCUT2D eigenvalue weighted by Crippen LogP contribution is -1.84. The molecule has 0 heterocycles. The average Bonchev–Trinajstić information content (AvgIpc) is 2.35.